The zero-order valence-corrected chi connectivity index (χ0v) is 13.0. The monoisotopic (exact) mass is 311 g/mol. The summed E-state index contributed by atoms with van der Waals surface area (Å²) in [5.74, 6) is -0.296. The van der Waals surface area contributed by atoms with Crippen molar-refractivity contribution in [1.29, 1.82) is 0 Å². The van der Waals surface area contributed by atoms with Crippen LogP contribution in [0.15, 0.2) is 54.6 Å². The highest BCUT2D eigenvalue weighted by Crippen LogP contribution is 2.37. The average Bonchev–Trinajstić information content (AvgIpc) is 2.53. The molecule has 23 heavy (non-hydrogen) atoms. The molecule has 1 atom stereocenters. The van der Waals surface area contributed by atoms with E-state index in [9.17, 15) is 19.7 Å². The molecule has 0 saturated carbocycles. The summed E-state index contributed by atoms with van der Waals surface area (Å²) in [5, 5.41) is 10.8. The van der Waals surface area contributed by atoms with Crippen molar-refractivity contribution in [3.63, 3.8) is 0 Å². The van der Waals surface area contributed by atoms with Crippen LogP contribution in [0.4, 0.5) is 5.69 Å². The number of Topliss-reactive ketones (excluding diaryl/α,β-unsaturated/α-hetero) is 2. The highest BCUT2D eigenvalue weighted by molar-refractivity contribution is 5.97. The number of nitrogens with zero attached hydrogens (tertiary/aromatic N) is 1. The maximum Gasteiger partial charge on any atom is 0.269 e. The fourth-order valence-corrected chi connectivity index (χ4v) is 2.87. The summed E-state index contributed by atoms with van der Waals surface area (Å²) in [6, 6.07) is 14.9. The number of benzene rings is 2. The molecule has 0 heterocycles. The second-order valence-corrected chi connectivity index (χ2v) is 5.51. The molecule has 0 aromatic heterocycles. The van der Waals surface area contributed by atoms with E-state index in [2.05, 4.69) is 0 Å². The first-order valence-electron chi connectivity index (χ1n) is 7.19. The molecule has 2 aromatic carbocycles. The van der Waals surface area contributed by atoms with E-state index < -0.39 is 10.3 Å². The predicted octanol–water partition coefficient (Wildman–Crippen LogP) is 3.45. The van der Waals surface area contributed by atoms with E-state index in [1.54, 1.807) is 36.4 Å². The molecular weight excluding hydrogens is 294 g/mol. The van der Waals surface area contributed by atoms with Gasteiger partial charge in [0.25, 0.3) is 5.69 Å². The number of non-ortho nitro benzene ring substituents is 1. The lowest BCUT2D eigenvalue weighted by Gasteiger charge is -2.31. The first-order chi connectivity index (χ1) is 10.9. The standard InChI is InChI=1S/C18H17NO4/c1-13(20)12-18(14(2)21,15-6-4-3-5-7-15)16-8-10-17(11-9-16)19(22)23/h3-11H,12H2,1-2H3. The Bertz CT molecular complexity index is 737. The second-order valence-electron chi connectivity index (χ2n) is 5.51. The average molecular weight is 311 g/mol. The number of ketones is 2. The molecule has 0 saturated heterocycles. The van der Waals surface area contributed by atoms with Gasteiger partial charge in [0.15, 0.2) is 0 Å². The molecule has 0 aliphatic rings. The summed E-state index contributed by atoms with van der Waals surface area (Å²) in [5.41, 5.74) is 0.109. The van der Waals surface area contributed by atoms with Crippen molar-refractivity contribution in [3.05, 3.63) is 75.8 Å². The summed E-state index contributed by atoms with van der Waals surface area (Å²) in [7, 11) is 0. The third-order valence-corrected chi connectivity index (χ3v) is 3.95. The molecule has 0 spiro atoms. The molecular formula is C18H17NO4. The van der Waals surface area contributed by atoms with Crippen molar-refractivity contribution in [2.45, 2.75) is 25.7 Å². The molecule has 0 N–H and O–H groups in total. The number of nitro benzene ring substituents is 1. The van der Waals surface area contributed by atoms with Gasteiger partial charge in [0.05, 0.1) is 10.3 Å². The molecule has 0 aliphatic carbocycles. The number of hydrogen-bond acceptors (Lipinski definition) is 4. The van der Waals surface area contributed by atoms with Crippen LogP contribution in [0.5, 0.6) is 0 Å². The number of rotatable bonds is 6. The van der Waals surface area contributed by atoms with Crippen LogP contribution in [0, 0.1) is 10.1 Å². The van der Waals surface area contributed by atoms with Crippen LogP contribution in [-0.4, -0.2) is 16.5 Å². The maximum absolute atomic E-state index is 12.5. The number of carbonyl (C=O) groups excluding carboxylic acids is 2. The van der Waals surface area contributed by atoms with Crippen LogP contribution < -0.4 is 0 Å². The minimum atomic E-state index is -1.12. The van der Waals surface area contributed by atoms with Crippen LogP contribution >= 0.6 is 0 Å². The number of nitro groups is 1. The quantitative estimate of drug-likeness (QED) is 0.604. The summed E-state index contributed by atoms with van der Waals surface area (Å²) < 4.78 is 0. The Hall–Kier alpha value is -2.82. The van der Waals surface area contributed by atoms with Crippen LogP contribution in [0.3, 0.4) is 0 Å². The van der Waals surface area contributed by atoms with Crippen LogP contribution in [0.1, 0.15) is 31.4 Å². The van der Waals surface area contributed by atoms with Gasteiger partial charge in [-0.2, -0.15) is 0 Å². The van der Waals surface area contributed by atoms with Crippen molar-refractivity contribution >= 4 is 17.3 Å². The minimum Gasteiger partial charge on any atom is -0.300 e. The van der Waals surface area contributed by atoms with Crippen molar-refractivity contribution in [2.24, 2.45) is 0 Å². The first-order valence-corrected chi connectivity index (χ1v) is 7.19. The zero-order chi connectivity index (χ0) is 17.0. The third-order valence-electron chi connectivity index (χ3n) is 3.95. The Kier molecular flexibility index (Phi) is 4.69. The Morgan fingerprint density at radius 1 is 0.957 bits per heavy atom. The van der Waals surface area contributed by atoms with Gasteiger partial charge < -0.3 is 0 Å². The van der Waals surface area contributed by atoms with E-state index in [0.717, 1.165) is 0 Å². The molecule has 5 nitrogen and oxygen atoms in total. The SMILES string of the molecule is CC(=O)CC(C(C)=O)(c1ccccc1)c1ccc([N+](=O)[O-])cc1. The van der Waals surface area contributed by atoms with Crippen molar-refractivity contribution in [2.75, 3.05) is 0 Å². The van der Waals surface area contributed by atoms with Crippen LogP contribution in [-0.2, 0) is 15.0 Å². The summed E-state index contributed by atoms with van der Waals surface area (Å²) in [6.07, 6.45) is 0.0180. The molecule has 1 unspecified atom stereocenters. The zero-order valence-electron chi connectivity index (χ0n) is 13.0. The Morgan fingerprint density at radius 3 is 1.91 bits per heavy atom. The topological polar surface area (TPSA) is 77.3 Å². The Balaban J connectivity index is 2.67. The maximum atomic E-state index is 12.5. The molecule has 0 aliphatic heterocycles. The van der Waals surface area contributed by atoms with Gasteiger partial charge in [-0.1, -0.05) is 42.5 Å². The molecule has 118 valence electrons. The Morgan fingerprint density at radius 2 is 1.48 bits per heavy atom. The van der Waals surface area contributed by atoms with Gasteiger partial charge in [-0.05, 0) is 25.0 Å². The van der Waals surface area contributed by atoms with Gasteiger partial charge in [-0.25, -0.2) is 0 Å². The van der Waals surface area contributed by atoms with Gasteiger partial charge in [0, 0.05) is 18.6 Å². The number of carbonyl (C=O) groups is 2. The minimum absolute atomic E-state index is 0.0180. The molecule has 2 aromatic rings. The van der Waals surface area contributed by atoms with E-state index in [4.69, 9.17) is 0 Å². The van der Waals surface area contributed by atoms with Gasteiger partial charge in [-0.3, -0.25) is 19.7 Å². The first kappa shape index (κ1) is 16.5. The fraction of sp³-hybridized carbons (Fsp3) is 0.222. The molecule has 5 heteroatoms. The Labute approximate surface area is 134 Å². The van der Waals surface area contributed by atoms with Crippen molar-refractivity contribution < 1.29 is 14.5 Å². The van der Waals surface area contributed by atoms with Gasteiger partial charge in [-0.15, -0.1) is 0 Å². The summed E-state index contributed by atoms with van der Waals surface area (Å²) in [6.45, 7) is 2.88. The number of hydrogen-bond donors (Lipinski definition) is 0. The third kappa shape index (κ3) is 3.18. The normalized spacial score (nSPS) is 13.1. The summed E-state index contributed by atoms with van der Waals surface area (Å²) in [4.78, 5) is 34.7. The summed E-state index contributed by atoms with van der Waals surface area (Å²) >= 11 is 0. The van der Waals surface area contributed by atoms with E-state index in [0.29, 0.717) is 11.1 Å². The van der Waals surface area contributed by atoms with Gasteiger partial charge >= 0.3 is 0 Å². The highest BCUT2D eigenvalue weighted by atomic mass is 16.6. The predicted molar refractivity (Wildman–Crippen MR) is 86.3 cm³/mol. The van der Waals surface area contributed by atoms with Crippen molar-refractivity contribution in [1.82, 2.24) is 0 Å². The lowest BCUT2D eigenvalue weighted by Crippen LogP contribution is -2.37. The second kappa shape index (κ2) is 6.52. The fourth-order valence-electron chi connectivity index (χ4n) is 2.87. The van der Waals surface area contributed by atoms with E-state index >= 15 is 0 Å². The smallest absolute Gasteiger partial charge is 0.269 e. The largest absolute Gasteiger partial charge is 0.300 e. The molecule has 2 rings (SSSR count). The molecule has 0 bridgehead atoms. The highest BCUT2D eigenvalue weighted by Gasteiger charge is 2.40. The lowest BCUT2D eigenvalue weighted by atomic mass is 9.68. The van der Waals surface area contributed by atoms with Crippen LogP contribution in [0.25, 0.3) is 0 Å². The van der Waals surface area contributed by atoms with Gasteiger partial charge in [0.2, 0.25) is 0 Å². The van der Waals surface area contributed by atoms with E-state index in [1.165, 1.54) is 26.0 Å². The molecule has 0 radical (unpaired) electrons. The van der Waals surface area contributed by atoms with E-state index in [1.807, 2.05) is 6.07 Å². The van der Waals surface area contributed by atoms with E-state index in [-0.39, 0.29) is 23.7 Å². The van der Waals surface area contributed by atoms with Crippen molar-refractivity contribution in [3.8, 4) is 0 Å². The lowest BCUT2D eigenvalue weighted by molar-refractivity contribution is -0.384. The molecule has 0 amide bonds. The molecule has 0 fully saturated rings. The van der Waals surface area contributed by atoms with Crippen LogP contribution in [0.2, 0.25) is 0 Å². The van der Waals surface area contributed by atoms with Gasteiger partial charge in [0.1, 0.15) is 11.6 Å².